The Morgan fingerprint density at radius 2 is 0.500 bits per heavy atom. The minimum atomic E-state index is -0.766. The van der Waals surface area contributed by atoms with E-state index in [1.54, 1.807) is 0 Å². The van der Waals surface area contributed by atoms with Crippen molar-refractivity contribution in [1.82, 2.24) is 0 Å². The number of esters is 3. The number of allylic oxidation sites excluding steroid dienone is 2. The van der Waals surface area contributed by atoms with E-state index in [0.717, 1.165) is 57.8 Å². The van der Waals surface area contributed by atoms with Crippen molar-refractivity contribution in [1.29, 1.82) is 0 Å². The highest BCUT2D eigenvalue weighted by Gasteiger charge is 2.19. The summed E-state index contributed by atoms with van der Waals surface area (Å²) >= 11 is 0. The quantitative estimate of drug-likeness (QED) is 0.0262. The molecule has 6 heteroatoms. The highest BCUT2D eigenvalue weighted by atomic mass is 16.6. The molecular formula is C60H114O6. The lowest BCUT2D eigenvalue weighted by atomic mass is 10.0. The van der Waals surface area contributed by atoms with Crippen LogP contribution in [0.4, 0.5) is 0 Å². The predicted octanol–water partition coefficient (Wildman–Crippen LogP) is 19.7. The molecule has 0 radical (unpaired) electrons. The smallest absolute Gasteiger partial charge is 0.306 e. The first-order valence-corrected chi connectivity index (χ1v) is 29.7. The highest BCUT2D eigenvalue weighted by Crippen LogP contribution is 2.17. The van der Waals surface area contributed by atoms with E-state index in [-0.39, 0.29) is 31.1 Å². The molecule has 0 aromatic carbocycles. The molecule has 0 fully saturated rings. The second-order valence-electron chi connectivity index (χ2n) is 20.3. The van der Waals surface area contributed by atoms with E-state index in [0.29, 0.717) is 19.3 Å². The number of carbonyl (C=O) groups excluding carboxylic acids is 3. The number of hydrogen-bond acceptors (Lipinski definition) is 6. The van der Waals surface area contributed by atoms with Gasteiger partial charge in [-0.15, -0.1) is 0 Å². The first-order valence-electron chi connectivity index (χ1n) is 29.7. The van der Waals surface area contributed by atoms with Gasteiger partial charge >= 0.3 is 17.9 Å². The SMILES string of the molecule is CCCCCC/C=C\CCCCCCCCCC(=O)OC(COC(=O)CCCCCCCCCCCCCCCC)COC(=O)CCCCCCCCCCCCCCCCCCCCC. The summed E-state index contributed by atoms with van der Waals surface area (Å²) in [6.07, 6.45) is 63.4. The van der Waals surface area contributed by atoms with Crippen LogP contribution < -0.4 is 0 Å². The van der Waals surface area contributed by atoms with E-state index >= 15 is 0 Å². The van der Waals surface area contributed by atoms with E-state index in [1.807, 2.05) is 0 Å². The van der Waals surface area contributed by atoms with Crippen LogP contribution in [0.25, 0.3) is 0 Å². The van der Waals surface area contributed by atoms with Crippen LogP contribution in [0, 0.1) is 0 Å². The van der Waals surface area contributed by atoms with Crippen LogP contribution in [0.15, 0.2) is 12.2 Å². The molecule has 0 saturated heterocycles. The molecule has 390 valence electrons. The molecule has 0 saturated carbocycles. The fourth-order valence-electron chi connectivity index (χ4n) is 9.03. The Bertz CT molecular complexity index is 1020. The monoisotopic (exact) mass is 931 g/mol. The first-order chi connectivity index (χ1) is 32.5. The van der Waals surface area contributed by atoms with Crippen molar-refractivity contribution in [3.8, 4) is 0 Å². The van der Waals surface area contributed by atoms with Crippen molar-refractivity contribution in [3.63, 3.8) is 0 Å². The van der Waals surface area contributed by atoms with Gasteiger partial charge in [-0.1, -0.05) is 283 Å². The van der Waals surface area contributed by atoms with Crippen molar-refractivity contribution in [3.05, 3.63) is 12.2 Å². The van der Waals surface area contributed by atoms with Gasteiger partial charge in [0.15, 0.2) is 6.10 Å². The second kappa shape index (κ2) is 55.7. The van der Waals surface area contributed by atoms with E-state index in [4.69, 9.17) is 14.2 Å². The van der Waals surface area contributed by atoms with Gasteiger partial charge in [0.2, 0.25) is 0 Å². The largest absolute Gasteiger partial charge is 0.462 e. The number of unbranched alkanes of at least 4 members (excludes halogenated alkanes) is 42. The molecule has 0 aliphatic heterocycles. The van der Waals surface area contributed by atoms with Crippen molar-refractivity contribution in [2.75, 3.05) is 13.2 Å². The summed E-state index contributed by atoms with van der Waals surface area (Å²) < 4.78 is 16.9. The first kappa shape index (κ1) is 64.2. The van der Waals surface area contributed by atoms with Gasteiger partial charge in [-0.3, -0.25) is 14.4 Å². The summed E-state index contributed by atoms with van der Waals surface area (Å²) in [5, 5.41) is 0. The molecule has 0 aliphatic rings. The van der Waals surface area contributed by atoms with Gasteiger partial charge in [0, 0.05) is 19.3 Å². The lowest BCUT2D eigenvalue weighted by Crippen LogP contribution is -2.30. The zero-order valence-electron chi connectivity index (χ0n) is 44.7. The molecule has 0 aliphatic carbocycles. The predicted molar refractivity (Wildman–Crippen MR) is 284 cm³/mol. The van der Waals surface area contributed by atoms with Crippen molar-refractivity contribution in [2.24, 2.45) is 0 Å². The van der Waals surface area contributed by atoms with Crippen LogP contribution >= 0.6 is 0 Å². The summed E-state index contributed by atoms with van der Waals surface area (Å²) in [4.78, 5) is 38.2. The molecule has 0 N–H and O–H groups in total. The minimum absolute atomic E-state index is 0.0656. The van der Waals surface area contributed by atoms with Crippen LogP contribution in [0.1, 0.15) is 335 Å². The van der Waals surface area contributed by atoms with Crippen molar-refractivity contribution >= 4 is 17.9 Å². The van der Waals surface area contributed by atoms with Gasteiger partial charge in [0.1, 0.15) is 13.2 Å². The maximum absolute atomic E-state index is 12.8. The van der Waals surface area contributed by atoms with Crippen LogP contribution in [-0.2, 0) is 28.6 Å². The van der Waals surface area contributed by atoms with Gasteiger partial charge in [-0.2, -0.15) is 0 Å². The Kier molecular flexibility index (Phi) is 54.2. The molecule has 1 unspecified atom stereocenters. The van der Waals surface area contributed by atoms with Crippen LogP contribution in [0.2, 0.25) is 0 Å². The zero-order valence-corrected chi connectivity index (χ0v) is 44.7. The summed E-state index contributed by atoms with van der Waals surface area (Å²) in [5.41, 5.74) is 0. The molecule has 6 nitrogen and oxygen atoms in total. The molecule has 66 heavy (non-hydrogen) atoms. The van der Waals surface area contributed by atoms with Gasteiger partial charge in [0.05, 0.1) is 0 Å². The molecule has 0 bridgehead atoms. The topological polar surface area (TPSA) is 78.9 Å². The Labute approximate surface area is 411 Å². The summed E-state index contributed by atoms with van der Waals surface area (Å²) in [6.45, 7) is 6.69. The van der Waals surface area contributed by atoms with E-state index < -0.39 is 6.10 Å². The number of hydrogen-bond donors (Lipinski definition) is 0. The maximum Gasteiger partial charge on any atom is 0.306 e. The Hall–Kier alpha value is -1.85. The third-order valence-corrected chi connectivity index (χ3v) is 13.5. The Balaban J connectivity index is 4.29. The van der Waals surface area contributed by atoms with Gasteiger partial charge in [0.25, 0.3) is 0 Å². The third kappa shape index (κ3) is 53.1. The van der Waals surface area contributed by atoms with E-state index in [1.165, 1.54) is 238 Å². The average molecular weight is 932 g/mol. The normalized spacial score (nSPS) is 12.0. The zero-order chi connectivity index (χ0) is 47.9. The molecule has 0 rings (SSSR count). The summed E-state index contributed by atoms with van der Waals surface area (Å²) in [7, 11) is 0. The maximum atomic E-state index is 12.8. The Morgan fingerprint density at radius 3 is 0.773 bits per heavy atom. The van der Waals surface area contributed by atoms with Gasteiger partial charge in [-0.05, 0) is 44.9 Å². The average Bonchev–Trinajstić information content (AvgIpc) is 3.31. The molecular weight excluding hydrogens is 817 g/mol. The van der Waals surface area contributed by atoms with E-state index in [2.05, 4.69) is 32.9 Å². The number of rotatable bonds is 55. The number of carbonyl (C=O) groups is 3. The molecule has 0 amide bonds. The van der Waals surface area contributed by atoms with Crippen LogP contribution in [-0.4, -0.2) is 37.2 Å². The number of ether oxygens (including phenoxy) is 3. The second-order valence-corrected chi connectivity index (χ2v) is 20.3. The summed E-state index contributed by atoms with van der Waals surface area (Å²) in [5.74, 6) is -0.844. The lowest BCUT2D eigenvalue weighted by Gasteiger charge is -2.18. The van der Waals surface area contributed by atoms with Gasteiger partial charge in [-0.25, -0.2) is 0 Å². The van der Waals surface area contributed by atoms with Crippen LogP contribution in [0.3, 0.4) is 0 Å². The van der Waals surface area contributed by atoms with Crippen molar-refractivity contribution < 1.29 is 28.6 Å². The fraction of sp³-hybridized carbons (Fsp3) is 0.917. The minimum Gasteiger partial charge on any atom is -0.462 e. The molecule has 0 heterocycles. The summed E-state index contributed by atoms with van der Waals surface area (Å²) in [6, 6.07) is 0. The van der Waals surface area contributed by atoms with Gasteiger partial charge < -0.3 is 14.2 Å². The fourth-order valence-corrected chi connectivity index (χ4v) is 9.03. The highest BCUT2D eigenvalue weighted by molar-refractivity contribution is 5.71. The Morgan fingerprint density at radius 1 is 0.288 bits per heavy atom. The van der Waals surface area contributed by atoms with Crippen LogP contribution in [0.5, 0.6) is 0 Å². The lowest BCUT2D eigenvalue weighted by molar-refractivity contribution is -0.167. The molecule has 1 atom stereocenters. The molecule has 0 aromatic heterocycles. The third-order valence-electron chi connectivity index (χ3n) is 13.5. The molecule has 0 aromatic rings. The van der Waals surface area contributed by atoms with E-state index in [9.17, 15) is 14.4 Å². The molecule has 0 spiro atoms. The standard InChI is InChI=1S/C60H114O6/c1-4-7-10-13-16-19-22-25-28-29-30-31-33-35-38-41-44-47-50-53-59(62)65-56-57(55-64-58(61)52-49-46-43-40-37-34-27-24-21-18-15-12-9-6-3)66-60(63)54-51-48-45-42-39-36-32-26-23-20-17-14-11-8-5-2/h20,23,57H,4-19,21-22,24-56H2,1-3H3/b23-20-. The van der Waals surface area contributed by atoms with Crippen molar-refractivity contribution in [2.45, 2.75) is 341 Å².